The average molecular weight is 335 g/mol. The van der Waals surface area contributed by atoms with Gasteiger partial charge < -0.3 is 15.1 Å². The predicted octanol–water partition coefficient (Wildman–Crippen LogP) is 3.35. The van der Waals surface area contributed by atoms with E-state index in [4.69, 9.17) is 10.2 Å². The van der Waals surface area contributed by atoms with E-state index in [0.29, 0.717) is 17.9 Å². The number of piperidine rings is 1. The van der Waals surface area contributed by atoms with Crippen molar-refractivity contribution >= 4 is 18.3 Å². The van der Waals surface area contributed by atoms with E-state index in [0.717, 1.165) is 25.9 Å². The van der Waals surface area contributed by atoms with Gasteiger partial charge in [-0.3, -0.25) is 4.79 Å². The highest BCUT2D eigenvalue weighted by Crippen LogP contribution is 2.34. The summed E-state index contributed by atoms with van der Waals surface area (Å²) in [5.41, 5.74) is 7.44. The van der Waals surface area contributed by atoms with Gasteiger partial charge in [-0.15, -0.1) is 12.4 Å². The maximum absolute atomic E-state index is 12.7. The van der Waals surface area contributed by atoms with E-state index in [9.17, 15) is 4.79 Å². The van der Waals surface area contributed by atoms with Crippen molar-refractivity contribution in [2.75, 3.05) is 13.1 Å². The number of hydrogen-bond donors (Lipinski definition) is 1. The van der Waals surface area contributed by atoms with E-state index in [2.05, 4.69) is 31.2 Å². The van der Waals surface area contributed by atoms with E-state index in [1.165, 1.54) is 11.8 Å². The Morgan fingerprint density at radius 3 is 2.74 bits per heavy atom. The summed E-state index contributed by atoms with van der Waals surface area (Å²) in [6, 6.07) is 12.2. The Morgan fingerprint density at radius 1 is 1.35 bits per heavy atom. The highest BCUT2D eigenvalue weighted by Gasteiger charge is 2.35. The van der Waals surface area contributed by atoms with Crippen LogP contribution < -0.4 is 5.73 Å². The molecule has 1 aromatic carbocycles. The van der Waals surface area contributed by atoms with Crippen LogP contribution in [0.25, 0.3) is 0 Å². The van der Waals surface area contributed by atoms with Crippen LogP contribution in [-0.2, 0) is 12.0 Å². The van der Waals surface area contributed by atoms with E-state index in [1.54, 1.807) is 6.07 Å². The van der Waals surface area contributed by atoms with Crippen LogP contribution in [0.2, 0.25) is 0 Å². The number of carbonyl (C=O) groups is 1. The second-order valence-corrected chi connectivity index (χ2v) is 6.26. The smallest absolute Gasteiger partial charge is 0.257 e. The first-order valence-electron chi connectivity index (χ1n) is 7.75. The van der Waals surface area contributed by atoms with Crippen LogP contribution in [0.15, 0.2) is 47.1 Å². The van der Waals surface area contributed by atoms with Crippen molar-refractivity contribution in [3.8, 4) is 0 Å². The Morgan fingerprint density at radius 2 is 2.09 bits per heavy atom. The van der Waals surface area contributed by atoms with Gasteiger partial charge in [0.2, 0.25) is 0 Å². The van der Waals surface area contributed by atoms with Crippen LogP contribution in [0.1, 0.15) is 41.4 Å². The Labute approximate surface area is 143 Å². The summed E-state index contributed by atoms with van der Waals surface area (Å²) in [6.07, 6.45) is 3.62. The standard InChI is InChI=1S/C18H22N2O2.ClH/c1-18(15-6-3-2-4-7-15)8-5-9-20(13-18)17(21)14-10-16(11-19)22-12-14;/h2-4,6-7,10,12H,5,8-9,11,13,19H2,1H3;1H. The summed E-state index contributed by atoms with van der Waals surface area (Å²) < 4.78 is 5.29. The molecule has 1 saturated heterocycles. The van der Waals surface area contributed by atoms with E-state index < -0.39 is 0 Å². The van der Waals surface area contributed by atoms with Crippen LogP contribution in [0.3, 0.4) is 0 Å². The molecule has 1 aliphatic rings. The highest BCUT2D eigenvalue weighted by atomic mass is 35.5. The second kappa shape index (κ2) is 7.20. The fourth-order valence-corrected chi connectivity index (χ4v) is 3.27. The van der Waals surface area contributed by atoms with E-state index in [1.807, 2.05) is 11.0 Å². The minimum absolute atomic E-state index is 0. The van der Waals surface area contributed by atoms with Crippen LogP contribution in [0, 0.1) is 0 Å². The van der Waals surface area contributed by atoms with Gasteiger partial charge in [0.05, 0.1) is 12.1 Å². The number of nitrogens with zero attached hydrogens (tertiary/aromatic N) is 1. The van der Waals surface area contributed by atoms with Gasteiger partial charge in [0, 0.05) is 18.5 Å². The Kier molecular flexibility index (Phi) is 5.50. The number of carbonyl (C=O) groups excluding carboxylic acids is 1. The van der Waals surface area contributed by atoms with Crippen molar-refractivity contribution in [3.63, 3.8) is 0 Å². The SMILES string of the molecule is CC1(c2ccccc2)CCCN(C(=O)c2coc(CN)c2)C1.Cl. The minimum atomic E-state index is 0. The molecule has 1 unspecified atom stereocenters. The number of furan rings is 1. The molecule has 1 fully saturated rings. The minimum Gasteiger partial charge on any atom is -0.467 e. The van der Waals surface area contributed by atoms with Gasteiger partial charge in [-0.2, -0.15) is 0 Å². The van der Waals surface area contributed by atoms with Gasteiger partial charge in [-0.05, 0) is 24.5 Å². The lowest BCUT2D eigenvalue weighted by molar-refractivity contribution is 0.0650. The molecule has 1 aromatic heterocycles. The normalized spacial score (nSPS) is 20.9. The van der Waals surface area contributed by atoms with Crippen LogP contribution in [-0.4, -0.2) is 23.9 Å². The quantitative estimate of drug-likeness (QED) is 0.936. The lowest BCUT2D eigenvalue weighted by Crippen LogP contribution is -2.47. The molecule has 1 atom stereocenters. The summed E-state index contributed by atoms with van der Waals surface area (Å²) in [4.78, 5) is 14.6. The van der Waals surface area contributed by atoms with Gasteiger partial charge in [0.15, 0.2) is 0 Å². The first-order valence-corrected chi connectivity index (χ1v) is 7.75. The molecular weight excluding hydrogens is 312 g/mol. The zero-order valence-electron chi connectivity index (χ0n) is 13.3. The fraction of sp³-hybridized carbons (Fsp3) is 0.389. The molecule has 2 N–H and O–H groups in total. The zero-order chi connectivity index (χ0) is 15.6. The molecule has 0 aliphatic carbocycles. The summed E-state index contributed by atoms with van der Waals surface area (Å²) in [5, 5.41) is 0. The molecule has 4 nitrogen and oxygen atoms in total. The molecule has 0 radical (unpaired) electrons. The second-order valence-electron chi connectivity index (χ2n) is 6.26. The molecular formula is C18H23ClN2O2. The highest BCUT2D eigenvalue weighted by molar-refractivity contribution is 5.94. The first kappa shape index (κ1) is 17.6. The van der Waals surface area contributed by atoms with E-state index >= 15 is 0 Å². The molecule has 0 bridgehead atoms. The van der Waals surface area contributed by atoms with Gasteiger partial charge in [-0.1, -0.05) is 37.3 Å². The molecule has 0 saturated carbocycles. The predicted molar refractivity (Wildman–Crippen MR) is 92.8 cm³/mol. The van der Waals surface area contributed by atoms with Crippen molar-refractivity contribution in [3.05, 3.63) is 59.5 Å². The summed E-state index contributed by atoms with van der Waals surface area (Å²) in [5.74, 6) is 0.677. The first-order chi connectivity index (χ1) is 10.6. The van der Waals surface area contributed by atoms with Crippen LogP contribution in [0.5, 0.6) is 0 Å². The van der Waals surface area contributed by atoms with Gasteiger partial charge >= 0.3 is 0 Å². The number of nitrogens with two attached hydrogens (primary N) is 1. The van der Waals surface area contributed by atoms with Crippen molar-refractivity contribution in [2.45, 2.75) is 31.7 Å². The monoisotopic (exact) mass is 334 g/mol. The number of amides is 1. The maximum Gasteiger partial charge on any atom is 0.257 e. The van der Waals surface area contributed by atoms with Crippen LogP contribution in [0.4, 0.5) is 0 Å². The molecule has 23 heavy (non-hydrogen) atoms. The average Bonchev–Trinajstić information content (AvgIpc) is 3.04. The summed E-state index contributed by atoms with van der Waals surface area (Å²) in [6.45, 7) is 4.08. The van der Waals surface area contributed by atoms with Crippen molar-refractivity contribution in [2.24, 2.45) is 5.73 Å². The largest absolute Gasteiger partial charge is 0.467 e. The lowest BCUT2D eigenvalue weighted by atomic mass is 9.76. The number of halogens is 1. The number of likely N-dealkylation sites (tertiary alicyclic amines) is 1. The lowest BCUT2D eigenvalue weighted by Gasteiger charge is -2.40. The van der Waals surface area contributed by atoms with Crippen molar-refractivity contribution in [1.29, 1.82) is 0 Å². The van der Waals surface area contributed by atoms with Gasteiger partial charge in [-0.25, -0.2) is 0 Å². The number of rotatable bonds is 3. The Hall–Kier alpha value is -1.78. The summed E-state index contributed by atoms with van der Waals surface area (Å²) in [7, 11) is 0. The van der Waals surface area contributed by atoms with Crippen molar-refractivity contribution in [1.82, 2.24) is 4.90 Å². The molecule has 124 valence electrons. The maximum atomic E-state index is 12.7. The molecule has 3 rings (SSSR count). The van der Waals surface area contributed by atoms with E-state index in [-0.39, 0.29) is 23.7 Å². The molecule has 2 aromatic rings. The third-order valence-corrected chi connectivity index (χ3v) is 4.56. The molecule has 2 heterocycles. The third kappa shape index (κ3) is 3.59. The number of benzene rings is 1. The summed E-state index contributed by atoms with van der Waals surface area (Å²) >= 11 is 0. The molecule has 0 spiro atoms. The zero-order valence-corrected chi connectivity index (χ0v) is 14.1. The van der Waals surface area contributed by atoms with Gasteiger partial charge in [0.25, 0.3) is 5.91 Å². The fourth-order valence-electron chi connectivity index (χ4n) is 3.27. The molecule has 5 heteroatoms. The van der Waals surface area contributed by atoms with Crippen molar-refractivity contribution < 1.29 is 9.21 Å². The number of hydrogen-bond acceptors (Lipinski definition) is 3. The Balaban J connectivity index is 0.00000192. The van der Waals surface area contributed by atoms with Gasteiger partial charge in [0.1, 0.15) is 12.0 Å². The van der Waals surface area contributed by atoms with Crippen LogP contribution >= 0.6 is 12.4 Å². The third-order valence-electron chi connectivity index (χ3n) is 4.56. The Bertz CT molecular complexity index is 656. The topological polar surface area (TPSA) is 59.5 Å². The molecule has 1 aliphatic heterocycles. The molecule has 1 amide bonds.